The SMILES string of the molecule is CCC(C)(C)C(=O)O.CCC(C)(C)C(=O)OCC(COC(=O)c1ccccc1C(=O)OCC(=O)OC)OC(=O)CCOC=O. The number of benzene rings is 1. The van der Waals surface area contributed by atoms with E-state index in [1.165, 1.54) is 24.3 Å². The summed E-state index contributed by atoms with van der Waals surface area (Å²) >= 11 is 0. The van der Waals surface area contributed by atoms with Crippen LogP contribution in [0.15, 0.2) is 24.3 Å². The van der Waals surface area contributed by atoms with E-state index < -0.39 is 72.6 Å². The lowest BCUT2D eigenvalue weighted by atomic mass is 9.91. The molecule has 1 N–H and O–H groups in total. The molecule has 0 saturated carbocycles. The summed E-state index contributed by atoms with van der Waals surface area (Å²) in [5.41, 5.74) is -1.66. The highest BCUT2D eigenvalue weighted by Gasteiger charge is 2.29. The maximum Gasteiger partial charge on any atom is 0.344 e. The van der Waals surface area contributed by atoms with E-state index in [0.29, 0.717) is 12.8 Å². The van der Waals surface area contributed by atoms with Crippen molar-refractivity contribution in [2.24, 2.45) is 10.8 Å². The Morgan fingerprint density at radius 1 is 0.818 bits per heavy atom. The highest BCUT2D eigenvalue weighted by atomic mass is 16.6. The van der Waals surface area contributed by atoms with Crippen molar-refractivity contribution in [2.45, 2.75) is 66.9 Å². The van der Waals surface area contributed by atoms with Crippen molar-refractivity contribution in [3.05, 3.63) is 35.4 Å². The molecule has 0 radical (unpaired) electrons. The van der Waals surface area contributed by atoms with Crippen molar-refractivity contribution < 1.29 is 67.1 Å². The van der Waals surface area contributed by atoms with Crippen LogP contribution < -0.4 is 0 Å². The minimum Gasteiger partial charge on any atom is -0.481 e. The molecule has 1 aromatic rings. The van der Waals surface area contributed by atoms with Gasteiger partial charge in [-0.1, -0.05) is 26.0 Å². The van der Waals surface area contributed by atoms with E-state index in [1.54, 1.807) is 34.6 Å². The van der Waals surface area contributed by atoms with Crippen molar-refractivity contribution in [3.63, 3.8) is 0 Å². The van der Waals surface area contributed by atoms with Crippen molar-refractivity contribution in [2.75, 3.05) is 33.5 Å². The number of carboxylic acid groups (broad SMARTS) is 1. The van der Waals surface area contributed by atoms with Crippen molar-refractivity contribution >= 4 is 42.3 Å². The van der Waals surface area contributed by atoms with Gasteiger partial charge in [0.25, 0.3) is 6.47 Å². The number of methoxy groups -OCH3 is 1. The van der Waals surface area contributed by atoms with Crippen LogP contribution in [0.3, 0.4) is 0 Å². The number of ether oxygens (including phenoxy) is 6. The predicted octanol–water partition coefficient (Wildman–Crippen LogP) is 3.13. The number of carbonyl (C=O) groups is 7. The molecule has 1 atom stereocenters. The molecule has 0 fully saturated rings. The predicted molar refractivity (Wildman–Crippen MR) is 152 cm³/mol. The third-order valence-corrected chi connectivity index (χ3v) is 6.41. The van der Waals surface area contributed by atoms with Gasteiger partial charge in [0, 0.05) is 0 Å². The standard InChI is InChI=1S/C24H30O12.C6H12O2/c1-5-24(2,3)23(30)35-13-16(36-19(26)10-11-32-15-25)12-33-21(28)17-8-6-7-9-18(17)22(29)34-14-20(27)31-4;1-4-6(2,3)5(7)8/h6-9,15-16H,5,10-14H2,1-4H3;4H2,1-3H3,(H,7,8). The van der Waals surface area contributed by atoms with Crippen molar-refractivity contribution in [1.82, 2.24) is 0 Å². The monoisotopic (exact) mass is 626 g/mol. The average molecular weight is 627 g/mol. The summed E-state index contributed by atoms with van der Waals surface area (Å²) in [7, 11) is 1.13. The number of hydrogen-bond acceptors (Lipinski definition) is 13. The third kappa shape index (κ3) is 14.6. The number of aliphatic carboxylic acids is 1. The van der Waals surface area contributed by atoms with Crippen molar-refractivity contribution in [3.8, 4) is 0 Å². The normalized spacial score (nSPS) is 11.4. The Hall–Kier alpha value is -4.49. The summed E-state index contributed by atoms with van der Waals surface area (Å²) in [5, 5.41) is 8.44. The minimum atomic E-state index is -1.17. The maximum absolute atomic E-state index is 12.7. The van der Waals surface area contributed by atoms with Crippen LogP contribution in [-0.4, -0.2) is 87.0 Å². The highest BCUT2D eigenvalue weighted by molar-refractivity contribution is 6.03. The van der Waals surface area contributed by atoms with Gasteiger partial charge in [-0.05, 0) is 52.7 Å². The Morgan fingerprint density at radius 3 is 1.80 bits per heavy atom. The van der Waals surface area contributed by atoms with E-state index >= 15 is 0 Å². The van der Waals surface area contributed by atoms with Gasteiger partial charge in [-0.3, -0.25) is 19.2 Å². The largest absolute Gasteiger partial charge is 0.481 e. The Labute approximate surface area is 256 Å². The van der Waals surface area contributed by atoms with Gasteiger partial charge in [0.2, 0.25) is 0 Å². The van der Waals surface area contributed by atoms with Crippen LogP contribution in [-0.2, 0) is 52.4 Å². The quantitative estimate of drug-likeness (QED) is 0.115. The lowest BCUT2D eigenvalue weighted by molar-refractivity contribution is -0.167. The van der Waals surface area contributed by atoms with E-state index in [-0.39, 0.29) is 30.6 Å². The molecular formula is C30H42O14. The van der Waals surface area contributed by atoms with Crippen LogP contribution in [0.25, 0.3) is 0 Å². The van der Waals surface area contributed by atoms with Crippen LogP contribution in [0.1, 0.15) is 81.5 Å². The first-order valence-corrected chi connectivity index (χ1v) is 13.7. The number of carbonyl (C=O) groups excluding carboxylic acids is 6. The average Bonchev–Trinajstić information content (AvgIpc) is 3.00. The molecule has 0 bridgehead atoms. The molecule has 0 spiro atoms. The van der Waals surface area contributed by atoms with Gasteiger partial charge in [0.15, 0.2) is 12.7 Å². The molecule has 1 unspecified atom stereocenters. The van der Waals surface area contributed by atoms with Gasteiger partial charge >= 0.3 is 35.8 Å². The second kappa shape index (κ2) is 19.7. The second-order valence-electron chi connectivity index (χ2n) is 10.5. The molecule has 44 heavy (non-hydrogen) atoms. The van der Waals surface area contributed by atoms with E-state index in [9.17, 15) is 33.6 Å². The Morgan fingerprint density at radius 2 is 1.34 bits per heavy atom. The molecule has 0 amide bonds. The van der Waals surface area contributed by atoms with Gasteiger partial charge < -0.3 is 33.5 Å². The van der Waals surface area contributed by atoms with Crippen LogP contribution in [0.4, 0.5) is 0 Å². The lowest BCUT2D eigenvalue weighted by Crippen LogP contribution is -2.34. The molecular weight excluding hydrogens is 584 g/mol. The zero-order chi connectivity index (χ0) is 33.9. The molecule has 0 aliphatic rings. The fourth-order valence-corrected chi connectivity index (χ4v) is 2.56. The first-order valence-electron chi connectivity index (χ1n) is 13.7. The number of rotatable bonds is 17. The van der Waals surface area contributed by atoms with E-state index in [0.717, 1.165) is 7.11 Å². The number of esters is 5. The van der Waals surface area contributed by atoms with E-state index in [4.69, 9.17) is 24.1 Å². The Balaban J connectivity index is 0.00000202. The van der Waals surface area contributed by atoms with Crippen LogP contribution >= 0.6 is 0 Å². The topological polar surface area (TPSA) is 195 Å². The number of hydrogen-bond donors (Lipinski definition) is 1. The van der Waals surface area contributed by atoms with Gasteiger partial charge in [0.05, 0.1) is 35.5 Å². The zero-order valence-corrected chi connectivity index (χ0v) is 26.2. The molecule has 0 aromatic heterocycles. The molecule has 0 heterocycles. The van der Waals surface area contributed by atoms with Gasteiger partial charge in [-0.25, -0.2) is 14.4 Å². The summed E-state index contributed by atoms with van der Waals surface area (Å²) in [6.07, 6.45) is -0.265. The first-order chi connectivity index (χ1) is 20.6. The third-order valence-electron chi connectivity index (χ3n) is 6.41. The van der Waals surface area contributed by atoms with Crippen LogP contribution in [0.2, 0.25) is 0 Å². The molecule has 14 nitrogen and oxygen atoms in total. The molecule has 14 heteroatoms. The Kier molecular flexibility index (Phi) is 17.6. The zero-order valence-electron chi connectivity index (χ0n) is 26.2. The fraction of sp³-hybridized carbons (Fsp3) is 0.567. The summed E-state index contributed by atoms with van der Waals surface area (Å²) in [6.45, 7) is 8.87. The minimum absolute atomic E-state index is 0.165. The van der Waals surface area contributed by atoms with Gasteiger partial charge in [-0.2, -0.15) is 0 Å². The van der Waals surface area contributed by atoms with Crippen LogP contribution in [0.5, 0.6) is 0 Å². The number of carboxylic acids is 1. The molecule has 0 aliphatic heterocycles. The maximum atomic E-state index is 12.7. The summed E-state index contributed by atoms with van der Waals surface area (Å²) in [4.78, 5) is 81.0. The second-order valence-corrected chi connectivity index (χ2v) is 10.5. The summed E-state index contributed by atoms with van der Waals surface area (Å²) in [6, 6.07) is 5.56. The molecule has 246 valence electrons. The first kappa shape index (κ1) is 39.5. The van der Waals surface area contributed by atoms with Gasteiger partial charge in [-0.15, -0.1) is 0 Å². The lowest BCUT2D eigenvalue weighted by Gasteiger charge is -2.23. The fourth-order valence-electron chi connectivity index (χ4n) is 2.56. The van der Waals surface area contributed by atoms with Crippen LogP contribution in [0, 0.1) is 10.8 Å². The molecule has 1 rings (SSSR count). The van der Waals surface area contributed by atoms with Gasteiger partial charge in [0.1, 0.15) is 19.8 Å². The van der Waals surface area contributed by atoms with Crippen molar-refractivity contribution in [1.29, 1.82) is 0 Å². The van der Waals surface area contributed by atoms with E-state index in [1.807, 2.05) is 6.92 Å². The highest BCUT2D eigenvalue weighted by Crippen LogP contribution is 2.22. The summed E-state index contributed by atoms with van der Waals surface area (Å²) < 4.78 is 29.3. The molecule has 0 aliphatic carbocycles. The van der Waals surface area contributed by atoms with E-state index in [2.05, 4.69) is 9.47 Å². The summed E-state index contributed by atoms with van der Waals surface area (Å²) in [5.74, 6) is -4.74. The molecule has 0 saturated heterocycles. The Bertz CT molecular complexity index is 1140. The molecule has 1 aromatic carbocycles. The smallest absolute Gasteiger partial charge is 0.344 e.